The van der Waals surface area contributed by atoms with Crippen molar-refractivity contribution in [1.82, 2.24) is 9.97 Å². The molecule has 0 spiro atoms. The van der Waals surface area contributed by atoms with Gasteiger partial charge in [0.15, 0.2) is 0 Å². The predicted molar refractivity (Wildman–Crippen MR) is 110 cm³/mol. The Morgan fingerprint density at radius 3 is 2.41 bits per heavy atom. The van der Waals surface area contributed by atoms with E-state index in [1.54, 1.807) is 12.1 Å². The van der Waals surface area contributed by atoms with Crippen molar-refractivity contribution in [3.05, 3.63) is 82.6 Å². The summed E-state index contributed by atoms with van der Waals surface area (Å²) in [5, 5.41) is 6.58. The largest absolute Gasteiger partial charge is 0.324 e. The summed E-state index contributed by atoms with van der Waals surface area (Å²) < 4.78 is 0. The molecular formula is C21H19ClN4O. The summed E-state index contributed by atoms with van der Waals surface area (Å²) >= 11 is 6.08. The zero-order valence-electron chi connectivity index (χ0n) is 15.0. The Bertz CT molecular complexity index is 981. The monoisotopic (exact) mass is 378 g/mol. The van der Waals surface area contributed by atoms with Crippen molar-refractivity contribution in [1.29, 1.82) is 0 Å². The maximum atomic E-state index is 12.2. The molecule has 3 aromatic rings. The molecule has 27 heavy (non-hydrogen) atoms. The minimum Gasteiger partial charge on any atom is -0.324 e. The highest BCUT2D eigenvalue weighted by Gasteiger charge is 2.03. The van der Waals surface area contributed by atoms with Gasteiger partial charge in [-0.05, 0) is 55.8 Å². The van der Waals surface area contributed by atoms with Crippen LogP contribution < -0.4 is 10.6 Å². The van der Waals surface area contributed by atoms with Gasteiger partial charge in [0.1, 0.15) is 0 Å². The molecule has 6 heteroatoms. The van der Waals surface area contributed by atoms with Crippen LogP contribution in [-0.2, 0) is 4.79 Å². The average Bonchev–Trinajstić information content (AvgIpc) is 2.60. The van der Waals surface area contributed by atoms with Crippen LogP contribution in [0.5, 0.6) is 0 Å². The van der Waals surface area contributed by atoms with Gasteiger partial charge in [0.05, 0.1) is 0 Å². The minimum atomic E-state index is -0.241. The lowest BCUT2D eigenvalue weighted by molar-refractivity contribution is -0.111. The van der Waals surface area contributed by atoms with Crippen molar-refractivity contribution in [3.63, 3.8) is 0 Å². The molecule has 0 unspecified atom stereocenters. The van der Waals surface area contributed by atoms with Crippen LogP contribution in [0.4, 0.5) is 17.3 Å². The Balaban J connectivity index is 1.68. The number of carbonyl (C=O) groups is 1. The third kappa shape index (κ3) is 5.39. The standard InChI is InChI=1S/C21H19ClN4O/c1-14-12-15(2)24-21(23-14)26-18-8-5-7-17(13-18)25-20(27)11-10-16-6-3-4-9-19(16)22/h3-13H,1-2H3,(H,25,27)(H,23,24,26)/b11-10+. The molecule has 0 saturated heterocycles. The first-order valence-corrected chi connectivity index (χ1v) is 8.80. The number of aromatic nitrogens is 2. The number of nitrogens with zero attached hydrogens (tertiary/aromatic N) is 2. The topological polar surface area (TPSA) is 66.9 Å². The number of nitrogens with one attached hydrogen (secondary N) is 2. The highest BCUT2D eigenvalue weighted by Crippen LogP contribution is 2.19. The van der Waals surface area contributed by atoms with Crippen molar-refractivity contribution in [2.24, 2.45) is 0 Å². The highest BCUT2D eigenvalue weighted by atomic mass is 35.5. The van der Waals surface area contributed by atoms with E-state index in [1.165, 1.54) is 6.08 Å². The molecule has 5 nitrogen and oxygen atoms in total. The molecule has 1 aromatic heterocycles. The summed E-state index contributed by atoms with van der Waals surface area (Å²) in [6, 6.07) is 16.6. The number of hydrogen-bond acceptors (Lipinski definition) is 4. The van der Waals surface area contributed by atoms with Gasteiger partial charge in [-0.15, -0.1) is 0 Å². The predicted octanol–water partition coefficient (Wildman–Crippen LogP) is 5.14. The normalized spacial score (nSPS) is 10.8. The number of benzene rings is 2. The zero-order chi connectivity index (χ0) is 19.2. The summed E-state index contributed by atoms with van der Waals surface area (Å²) in [6.45, 7) is 3.84. The van der Waals surface area contributed by atoms with Gasteiger partial charge in [0.2, 0.25) is 11.9 Å². The Morgan fingerprint density at radius 1 is 0.963 bits per heavy atom. The SMILES string of the molecule is Cc1cc(C)nc(Nc2cccc(NC(=O)/C=C/c3ccccc3Cl)c2)n1. The number of hydrogen-bond donors (Lipinski definition) is 2. The lowest BCUT2D eigenvalue weighted by Crippen LogP contribution is -2.08. The van der Waals surface area contributed by atoms with Crippen LogP contribution in [0.1, 0.15) is 17.0 Å². The van der Waals surface area contributed by atoms with E-state index in [0.717, 1.165) is 22.6 Å². The van der Waals surface area contributed by atoms with Crippen molar-refractivity contribution < 1.29 is 4.79 Å². The molecule has 0 saturated carbocycles. The first kappa shape index (κ1) is 18.6. The molecule has 1 amide bonds. The fraction of sp³-hybridized carbons (Fsp3) is 0.0952. The lowest BCUT2D eigenvalue weighted by atomic mass is 10.2. The second-order valence-corrected chi connectivity index (χ2v) is 6.43. The number of amides is 1. The van der Waals surface area contributed by atoms with Gasteiger partial charge in [0.25, 0.3) is 0 Å². The Labute approximate surface area is 163 Å². The van der Waals surface area contributed by atoms with E-state index in [4.69, 9.17) is 11.6 Å². The van der Waals surface area contributed by atoms with Gasteiger partial charge in [-0.2, -0.15) is 0 Å². The molecule has 1 heterocycles. The number of rotatable bonds is 5. The van der Waals surface area contributed by atoms with E-state index < -0.39 is 0 Å². The summed E-state index contributed by atoms with van der Waals surface area (Å²) in [5.41, 5.74) is 4.01. The van der Waals surface area contributed by atoms with E-state index in [1.807, 2.05) is 62.4 Å². The molecule has 136 valence electrons. The smallest absolute Gasteiger partial charge is 0.248 e. The van der Waals surface area contributed by atoms with E-state index in [9.17, 15) is 4.79 Å². The molecule has 0 atom stereocenters. The van der Waals surface area contributed by atoms with Gasteiger partial charge in [-0.25, -0.2) is 9.97 Å². The van der Waals surface area contributed by atoms with Gasteiger partial charge in [-0.3, -0.25) is 4.79 Å². The maximum absolute atomic E-state index is 12.2. The number of halogens is 1. The molecule has 3 rings (SSSR count). The van der Waals surface area contributed by atoms with Gasteiger partial charge in [0, 0.05) is 33.9 Å². The molecule has 2 N–H and O–H groups in total. The molecule has 2 aromatic carbocycles. The molecule has 0 radical (unpaired) electrons. The second-order valence-electron chi connectivity index (χ2n) is 6.02. The summed E-state index contributed by atoms with van der Waals surface area (Å²) in [7, 11) is 0. The number of aryl methyl sites for hydroxylation is 2. The van der Waals surface area contributed by atoms with Crippen molar-refractivity contribution in [2.75, 3.05) is 10.6 Å². The van der Waals surface area contributed by atoms with E-state index in [-0.39, 0.29) is 5.91 Å². The third-order valence-corrected chi connectivity index (χ3v) is 4.03. The van der Waals surface area contributed by atoms with E-state index in [2.05, 4.69) is 20.6 Å². The Hall–Kier alpha value is -3.18. The Kier molecular flexibility index (Phi) is 5.84. The first-order chi connectivity index (χ1) is 13.0. The second kappa shape index (κ2) is 8.47. The molecule has 0 aliphatic heterocycles. The number of carbonyl (C=O) groups excluding carboxylic acids is 1. The van der Waals surface area contributed by atoms with Crippen LogP contribution in [0.2, 0.25) is 5.02 Å². The van der Waals surface area contributed by atoms with E-state index in [0.29, 0.717) is 16.7 Å². The van der Waals surface area contributed by atoms with Gasteiger partial charge >= 0.3 is 0 Å². The minimum absolute atomic E-state index is 0.241. The Morgan fingerprint density at radius 2 is 1.67 bits per heavy atom. The van der Waals surface area contributed by atoms with Crippen LogP contribution >= 0.6 is 11.6 Å². The van der Waals surface area contributed by atoms with Crippen molar-refractivity contribution in [2.45, 2.75) is 13.8 Å². The van der Waals surface area contributed by atoms with Gasteiger partial charge in [-0.1, -0.05) is 35.9 Å². The first-order valence-electron chi connectivity index (χ1n) is 8.42. The molecule has 0 aliphatic carbocycles. The summed E-state index contributed by atoms with van der Waals surface area (Å²) in [4.78, 5) is 20.9. The average molecular weight is 379 g/mol. The fourth-order valence-electron chi connectivity index (χ4n) is 2.55. The maximum Gasteiger partial charge on any atom is 0.248 e. The van der Waals surface area contributed by atoms with Crippen LogP contribution in [0.3, 0.4) is 0 Å². The fourth-order valence-corrected chi connectivity index (χ4v) is 2.74. The molecule has 0 fully saturated rings. The summed E-state index contributed by atoms with van der Waals surface area (Å²) in [5.74, 6) is 0.282. The molecular weight excluding hydrogens is 360 g/mol. The van der Waals surface area contributed by atoms with Crippen molar-refractivity contribution in [3.8, 4) is 0 Å². The van der Waals surface area contributed by atoms with Crippen molar-refractivity contribution >= 4 is 40.9 Å². The summed E-state index contributed by atoms with van der Waals surface area (Å²) in [6.07, 6.45) is 3.14. The van der Waals surface area contributed by atoms with Crippen LogP contribution in [0.25, 0.3) is 6.08 Å². The van der Waals surface area contributed by atoms with Crippen LogP contribution in [0, 0.1) is 13.8 Å². The lowest BCUT2D eigenvalue weighted by Gasteiger charge is -2.09. The zero-order valence-corrected chi connectivity index (χ0v) is 15.8. The van der Waals surface area contributed by atoms with E-state index >= 15 is 0 Å². The molecule has 0 aliphatic rings. The quantitative estimate of drug-likeness (QED) is 0.603. The van der Waals surface area contributed by atoms with Crippen LogP contribution in [-0.4, -0.2) is 15.9 Å². The highest BCUT2D eigenvalue weighted by molar-refractivity contribution is 6.32. The number of anilines is 3. The van der Waals surface area contributed by atoms with Gasteiger partial charge < -0.3 is 10.6 Å². The third-order valence-electron chi connectivity index (χ3n) is 3.69. The molecule has 0 bridgehead atoms. The van der Waals surface area contributed by atoms with Crippen LogP contribution in [0.15, 0.2) is 60.7 Å².